The summed E-state index contributed by atoms with van der Waals surface area (Å²) in [7, 11) is 0. The van der Waals surface area contributed by atoms with Crippen LogP contribution in [0, 0.1) is 0 Å². The molecule has 2 heterocycles. The molecule has 0 unspecified atom stereocenters. The van der Waals surface area contributed by atoms with Crippen molar-refractivity contribution in [2.45, 2.75) is 13.0 Å². The van der Waals surface area contributed by atoms with Crippen molar-refractivity contribution in [2.24, 2.45) is 0 Å². The Bertz CT molecular complexity index is 1220. The fraction of sp³-hybridized carbons (Fsp3) is 0.125. The number of para-hydroxylation sites is 2. The molecule has 0 aliphatic carbocycles. The van der Waals surface area contributed by atoms with Gasteiger partial charge >= 0.3 is 0 Å². The van der Waals surface area contributed by atoms with Crippen LogP contribution in [0.2, 0.25) is 0 Å². The van der Waals surface area contributed by atoms with E-state index in [1.807, 2.05) is 12.1 Å². The zero-order valence-corrected chi connectivity index (χ0v) is 16.2. The normalized spacial score (nSPS) is 11.3. The van der Waals surface area contributed by atoms with Crippen LogP contribution in [0.3, 0.4) is 0 Å². The molecule has 28 heavy (non-hydrogen) atoms. The van der Waals surface area contributed by atoms with Gasteiger partial charge in [0, 0.05) is 6.54 Å². The second kappa shape index (κ2) is 7.49. The Morgan fingerprint density at radius 3 is 2.61 bits per heavy atom. The highest BCUT2D eigenvalue weighted by Gasteiger charge is 2.12. The largest absolute Gasteiger partial charge is 0.494 e. The summed E-state index contributed by atoms with van der Waals surface area (Å²) in [6.45, 7) is 1.55. The Morgan fingerprint density at radius 2 is 1.71 bits per heavy atom. The monoisotopic (exact) mass is 384 g/mol. The van der Waals surface area contributed by atoms with Gasteiger partial charge < -0.3 is 9.30 Å². The summed E-state index contributed by atoms with van der Waals surface area (Å²) < 4.78 is 8.33. The Kier molecular flexibility index (Phi) is 4.55. The lowest BCUT2D eigenvalue weighted by Gasteiger charge is -2.10. The summed E-state index contributed by atoms with van der Waals surface area (Å²) in [5.41, 5.74) is 2.22. The van der Waals surface area contributed by atoms with Gasteiger partial charge in [0.1, 0.15) is 5.75 Å². The Morgan fingerprint density at radius 1 is 0.857 bits per heavy atom. The molecule has 0 saturated carbocycles. The van der Waals surface area contributed by atoms with E-state index in [4.69, 9.17) is 9.72 Å². The van der Waals surface area contributed by atoms with Crippen LogP contribution in [0.4, 0.5) is 0 Å². The molecular formula is C24H20N2OS. The second-order valence-corrected chi connectivity index (χ2v) is 7.71. The van der Waals surface area contributed by atoms with Crippen molar-refractivity contribution in [1.82, 2.24) is 9.55 Å². The van der Waals surface area contributed by atoms with Gasteiger partial charge in [0.2, 0.25) is 0 Å². The lowest BCUT2D eigenvalue weighted by atomic mass is 10.1. The lowest BCUT2D eigenvalue weighted by Crippen LogP contribution is -2.05. The zero-order chi connectivity index (χ0) is 18.8. The number of hydrogen-bond acceptors (Lipinski definition) is 3. The average Bonchev–Trinajstić information content (AvgIpc) is 3.39. The summed E-state index contributed by atoms with van der Waals surface area (Å²) in [6.07, 6.45) is 0.922. The van der Waals surface area contributed by atoms with Gasteiger partial charge in [0.25, 0.3) is 0 Å². The van der Waals surface area contributed by atoms with Crippen LogP contribution >= 0.6 is 11.3 Å². The Hall–Kier alpha value is -3.11. The van der Waals surface area contributed by atoms with E-state index >= 15 is 0 Å². The highest BCUT2D eigenvalue weighted by Crippen LogP contribution is 2.28. The topological polar surface area (TPSA) is 27.1 Å². The van der Waals surface area contributed by atoms with Crippen molar-refractivity contribution in [3.8, 4) is 16.5 Å². The quantitative estimate of drug-likeness (QED) is 0.317. The average molecular weight is 385 g/mol. The van der Waals surface area contributed by atoms with Crippen LogP contribution in [0.25, 0.3) is 32.5 Å². The summed E-state index contributed by atoms with van der Waals surface area (Å²) in [6, 6.07) is 27.2. The van der Waals surface area contributed by atoms with E-state index in [0.717, 1.165) is 30.1 Å². The molecule has 0 aliphatic rings. The van der Waals surface area contributed by atoms with E-state index in [2.05, 4.69) is 76.7 Å². The van der Waals surface area contributed by atoms with Gasteiger partial charge in [-0.2, -0.15) is 0 Å². The van der Waals surface area contributed by atoms with E-state index < -0.39 is 0 Å². The van der Waals surface area contributed by atoms with Crippen molar-refractivity contribution >= 4 is 33.1 Å². The SMILES string of the molecule is c1csc(-c2nc3ccccc3n2CCCOc2ccc3ccccc3c2)c1. The lowest BCUT2D eigenvalue weighted by molar-refractivity contribution is 0.303. The third kappa shape index (κ3) is 3.27. The van der Waals surface area contributed by atoms with Crippen molar-refractivity contribution in [1.29, 1.82) is 0 Å². The molecule has 0 N–H and O–H groups in total. The van der Waals surface area contributed by atoms with E-state index in [-0.39, 0.29) is 0 Å². The number of hydrogen-bond donors (Lipinski definition) is 0. The molecule has 4 heteroatoms. The van der Waals surface area contributed by atoms with Crippen LogP contribution < -0.4 is 4.74 Å². The molecule has 0 amide bonds. The van der Waals surface area contributed by atoms with Gasteiger partial charge in [-0.15, -0.1) is 11.3 Å². The first-order chi connectivity index (χ1) is 13.9. The smallest absolute Gasteiger partial charge is 0.151 e. The molecule has 0 atom stereocenters. The molecule has 0 bridgehead atoms. The van der Waals surface area contributed by atoms with Crippen molar-refractivity contribution in [3.05, 3.63) is 84.2 Å². The summed E-state index contributed by atoms with van der Waals surface area (Å²) in [5.74, 6) is 1.97. The molecule has 0 spiro atoms. The Labute approximate surface area is 167 Å². The number of thiophene rings is 1. The van der Waals surface area contributed by atoms with Gasteiger partial charge in [0.15, 0.2) is 5.82 Å². The summed E-state index contributed by atoms with van der Waals surface area (Å²) in [4.78, 5) is 6.06. The maximum atomic E-state index is 6.02. The number of ether oxygens (including phenoxy) is 1. The number of benzene rings is 3. The predicted octanol–water partition coefficient (Wildman–Crippen LogP) is 6.39. The van der Waals surface area contributed by atoms with Gasteiger partial charge in [-0.25, -0.2) is 4.98 Å². The molecule has 0 fully saturated rings. The molecule has 5 aromatic rings. The third-order valence-electron chi connectivity index (χ3n) is 4.91. The first-order valence-electron chi connectivity index (χ1n) is 9.49. The van der Waals surface area contributed by atoms with Gasteiger partial charge in [0.05, 0.1) is 22.5 Å². The van der Waals surface area contributed by atoms with Crippen molar-refractivity contribution in [2.75, 3.05) is 6.61 Å². The number of aromatic nitrogens is 2. The number of fused-ring (bicyclic) bond motifs is 2. The van der Waals surface area contributed by atoms with Gasteiger partial charge in [-0.05, 0) is 52.9 Å². The fourth-order valence-electron chi connectivity index (χ4n) is 3.57. The number of rotatable bonds is 6. The molecular weight excluding hydrogens is 364 g/mol. The van der Waals surface area contributed by atoms with Gasteiger partial charge in [-0.3, -0.25) is 0 Å². The minimum atomic E-state index is 0.675. The molecule has 3 nitrogen and oxygen atoms in total. The van der Waals surface area contributed by atoms with E-state index in [1.165, 1.54) is 21.2 Å². The first kappa shape index (κ1) is 17.0. The number of nitrogens with zero attached hydrogens (tertiary/aromatic N) is 2. The molecule has 0 saturated heterocycles. The maximum Gasteiger partial charge on any atom is 0.151 e. The molecule has 3 aromatic carbocycles. The summed E-state index contributed by atoms with van der Waals surface area (Å²) >= 11 is 1.73. The van der Waals surface area contributed by atoms with Crippen LogP contribution in [0.15, 0.2) is 84.2 Å². The zero-order valence-electron chi connectivity index (χ0n) is 15.4. The van der Waals surface area contributed by atoms with Crippen LogP contribution in [-0.4, -0.2) is 16.2 Å². The molecule has 2 aromatic heterocycles. The van der Waals surface area contributed by atoms with Gasteiger partial charge in [-0.1, -0.05) is 48.5 Å². The first-order valence-corrected chi connectivity index (χ1v) is 10.4. The minimum absolute atomic E-state index is 0.675. The predicted molar refractivity (Wildman–Crippen MR) is 117 cm³/mol. The van der Waals surface area contributed by atoms with E-state index in [0.29, 0.717) is 6.61 Å². The molecule has 0 radical (unpaired) electrons. The van der Waals surface area contributed by atoms with E-state index in [1.54, 1.807) is 11.3 Å². The minimum Gasteiger partial charge on any atom is -0.494 e. The maximum absolute atomic E-state index is 6.02. The summed E-state index contributed by atoms with van der Waals surface area (Å²) in [5, 5.41) is 4.54. The molecule has 0 aliphatic heterocycles. The third-order valence-corrected chi connectivity index (χ3v) is 5.78. The van der Waals surface area contributed by atoms with Crippen LogP contribution in [0.1, 0.15) is 6.42 Å². The second-order valence-electron chi connectivity index (χ2n) is 6.76. The fourth-order valence-corrected chi connectivity index (χ4v) is 4.29. The number of imidazole rings is 1. The Balaban J connectivity index is 1.32. The molecule has 5 rings (SSSR count). The van der Waals surface area contributed by atoms with Crippen molar-refractivity contribution < 1.29 is 4.74 Å². The van der Waals surface area contributed by atoms with Crippen LogP contribution in [0.5, 0.6) is 5.75 Å². The standard InChI is InChI=1S/C24H20N2OS/c1-2-8-19-17-20(13-12-18(19)7-1)27-15-6-14-26-22-10-4-3-9-21(22)25-24(26)23-11-5-16-28-23/h1-5,7-13,16-17H,6,14-15H2. The highest BCUT2D eigenvalue weighted by molar-refractivity contribution is 7.13. The van der Waals surface area contributed by atoms with Crippen molar-refractivity contribution in [3.63, 3.8) is 0 Å². The molecule has 138 valence electrons. The highest BCUT2D eigenvalue weighted by atomic mass is 32.1. The number of aryl methyl sites for hydroxylation is 1. The van der Waals surface area contributed by atoms with E-state index in [9.17, 15) is 0 Å². The van der Waals surface area contributed by atoms with Crippen LogP contribution in [-0.2, 0) is 6.54 Å².